The predicted molar refractivity (Wildman–Crippen MR) is 84.7 cm³/mol. The number of amides is 1. The first kappa shape index (κ1) is 18.7. The monoisotopic (exact) mass is 311 g/mol. The molecule has 22 heavy (non-hydrogen) atoms. The van der Waals surface area contributed by atoms with Crippen LogP contribution < -0.4 is 0 Å². The van der Waals surface area contributed by atoms with Crippen LogP contribution >= 0.6 is 0 Å². The van der Waals surface area contributed by atoms with Crippen LogP contribution in [0.15, 0.2) is 0 Å². The number of Topliss-reactive ketones (excluding diaryl/α,β-unsaturated/α-hetero) is 2. The zero-order chi connectivity index (χ0) is 16.8. The maximum absolute atomic E-state index is 12.2. The van der Waals surface area contributed by atoms with E-state index in [2.05, 4.69) is 0 Å². The molecule has 0 aromatic heterocycles. The summed E-state index contributed by atoms with van der Waals surface area (Å²) in [6, 6.07) is 0. The van der Waals surface area contributed by atoms with Gasteiger partial charge >= 0.3 is 6.09 Å². The van der Waals surface area contributed by atoms with Gasteiger partial charge in [-0.2, -0.15) is 0 Å². The van der Waals surface area contributed by atoms with Gasteiger partial charge in [0.25, 0.3) is 0 Å². The van der Waals surface area contributed by atoms with E-state index < -0.39 is 5.60 Å². The van der Waals surface area contributed by atoms with Gasteiger partial charge in [0.1, 0.15) is 17.2 Å². The lowest BCUT2D eigenvalue weighted by Gasteiger charge is -2.26. The van der Waals surface area contributed by atoms with Crippen molar-refractivity contribution >= 4 is 17.7 Å². The molecule has 1 amide bonds. The molecule has 126 valence electrons. The Hall–Kier alpha value is -1.39. The maximum atomic E-state index is 12.2. The summed E-state index contributed by atoms with van der Waals surface area (Å²) in [7, 11) is 0. The Morgan fingerprint density at radius 1 is 1.14 bits per heavy atom. The first-order valence-corrected chi connectivity index (χ1v) is 8.25. The molecule has 1 unspecified atom stereocenters. The number of hydrogen-bond acceptors (Lipinski definition) is 4. The minimum Gasteiger partial charge on any atom is -0.444 e. The smallest absolute Gasteiger partial charge is 0.410 e. The van der Waals surface area contributed by atoms with Crippen molar-refractivity contribution in [2.45, 2.75) is 71.8 Å². The van der Waals surface area contributed by atoms with E-state index in [0.29, 0.717) is 25.9 Å². The molecule has 0 spiro atoms. The van der Waals surface area contributed by atoms with E-state index in [1.54, 1.807) is 4.90 Å². The zero-order valence-corrected chi connectivity index (χ0v) is 14.3. The van der Waals surface area contributed by atoms with Crippen molar-refractivity contribution in [1.29, 1.82) is 0 Å². The molecule has 1 aliphatic rings. The highest BCUT2D eigenvalue weighted by Crippen LogP contribution is 2.21. The number of hydrogen-bond donors (Lipinski definition) is 0. The molecule has 0 aromatic rings. The summed E-state index contributed by atoms with van der Waals surface area (Å²) in [5, 5.41) is 0. The first-order valence-electron chi connectivity index (χ1n) is 8.25. The second-order valence-electron chi connectivity index (χ2n) is 7.03. The normalized spacial score (nSPS) is 19.5. The highest BCUT2D eigenvalue weighted by atomic mass is 16.6. The quantitative estimate of drug-likeness (QED) is 0.730. The van der Waals surface area contributed by atoms with Crippen LogP contribution in [0.5, 0.6) is 0 Å². The van der Waals surface area contributed by atoms with Crippen LogP contribution in [-0.2, 0) is 14.3 Å². The van der Waals surface area contributed by atoms with Crippen LogP contribution in [-0.4, -0.2) is 41.3 Å². The molecule has 5 nitrogen and oxygen atoms in total. The topological polar surface area (TPSA) is 63.7 Å². The highest BCUT2D eigenvalue weighted by molar-refractivity contribution is 6.00. The minimum atomic E-state index is -0.509. The average Bonchev–Trinajstić information content (AvgIpc) is 2.62. The van der Waals surface area contributed by atoms with Crippen LogP contribution in [0, 0.1) is 5.92 Å². The van der Waals surface area contributed by atoms with Crippen molar-refractivity contribution in [2.24, 2.45) is 5.92 Å². The largest absolute Gasteiger partial charge is 0.444 e. The minimum absolute atomic E-state index is 0.0285. The molecular formula is C17H29NO4. The fourth-order valence-electron chi connectivity index (χ4n) is 2.63. The van der Waals surface area contributed by atoms with Gasteiger partial charge in [-0.3, -0.25) is 9.59 Å². The molecule has 5 heteroatoms. The van der Waals surface area contributed by atoms with Crippen LogP contribution in [0.1, 0.15) is 66.2 Å². The summed E-state index contributed by atoms with van der Waals surface area (Å²) >= 11 is 0. The average molecular weight is 311 g/mol. The number of ether oxygens (including phenoxy) is 1. The van der Waals surface area contributed by atoms with Crippen LogP contribution in [0.3, 0.4) is 0 Å². The number of carbonyl (C=O) groups is 3. The molecule has 1 saturated heterocycles. The lowest BCUT2D eigenvalue weighted by molar-refractivity contribution is -0.129. The number of carbonyl (C=O) groups excluding carboxylic acids is 3. The second-order valence-corrected chi connectivity index (χ2v) is 7.03. The van der Waals surface area contributed by atoms with E-state index in [9.17, 15) is 14.4 Å². The molecule has 0 N–H and O–H groups in total. The van der Waals surface area contributed by atoms with Gasteiger partial charge in [-0.15, -0.1) is 0 Å². The SMILES string of the molecule is CCCC(=O)CC(=O)C1CCCN(C(=O)OC(C)(C)C)CC1. The number of rotatable bonds is 5. The Labute approximate surface area is 133 Å². The van der Waals surface area contributed by atoms with Crippen LogP contribution in [0.4, 0.5) is 4.79 Å². The number of likely N-dealkylation sites (tertiary alicyclic amines) is 1. The summed E-state index contributed by atoms with van der Waals surface area (Å²) in [4.78, 5) is 37.5. The zero-order valence-electron chi connectivity index (χ0n) is 14.3. The third kappa shape index (κ3) is 6.58. The fraction of sp³-hybridized carbons (Fsp3) is 0.824. The first-order chi connectivity index (χ1) is 10.2. The van der Waals surface area contributed by atoms with Crippen LogP contribution in [0.25, 0.3) is 0 Å². The highest BCUT2D eigenvalue weighted by Gasteiger charge is 2.28. The summed E-state index contributed by atoms with van der Waals surface area (Å²) in [5.41, 5.74) is -0.509. The fourth-order valence-corrected chi connectivity index (χ4v) is 2.63. The summed E-state index contributed by atoms with van der Waals surface area (Å²) in [5.74, 6) is -0.0431. The molecule has 0 aliphatic carbocycles. The van der Waals surface area contributed by atoms with Crippen molar-refractivity contribution in [3.8, 4) is 0 Å². The predicted octanol–water partition coefficient (Wildman–Crippen LogP) is 3.35. The molecule has 0 bridgehead atoms. The Balaban J connectivity index is 2.50. The lowest BCUT2D eigenvalue weighted by atomic mass is 9.92. The maximum Gasteiger partial charge on any atom is 0.410 e. The van der Waals surface area contributed by atoms with Gasteiger partial charge in [0, 0.05) is 25.4 Å². The molecule has 0 saturated carbocycles. The van der Waals surface area contributed by atoms with Crippen molar-refractivity contribution in [3.05, 3.63) is 0 Å². The summed E-state index contributed by atoms with van der Waals surface area (Å²) in [6.45, 7) is 8.60. The van der Waals surface area contributed by atoms with Gasteiger partial charge < -0.3 is 9.64 Å². The Morgan fingerprint density at radius 3 is 2.41 bits per heavy atom. The van der Waals surface area contributed by atoms with Crippen molar-refractivity contribution in [1.82, 2.24) is 4.90 Å². The van der Waals surface area contributed by atoms with Gasteiger partial charge in [0.05, 0.1) is 6.42 Å². The molecular weight excluding hydrogens is 282 g/mol. The van der Waals surface area contributed by atoms with E-state index in [0.717, 1.165) is 19.3 Å². The molecule has 1 heterocycles. The van der Waals surface area contributed by atoms with E-state index >= 15 is 0 Å². The molecule has 0 radical (unpaired) electrons. The van der Waals surface area contributed by atoms with Gasteiger partial charge in [-0.1, -0.05) is 6.92 Å². The lowest BCUT2D eigenvalue weighted by Crippen LogP contribution is -2.37. The van der Waals surface area contributed by atoms with Gasteiger partial charge in [0.15, 0.2) is 0 Å². The van der Waals surface area contributed by atoms with E-state index in [1.165, 1.54) is 0 Å². The second kappa shape index (κ2) is 8.30. The van der Waals surface area contributed by atoms with E-state index in [1.807, 2.05) is 27.7 Å². The molecule has 0 aromatic carbocycles. The Kier molecular flexibility index (Phi) is 7.04. The summed E-state index contributed by atoms with van der Waals surface area (Å²) < 4.78 is 5.37. The molecule has 1 aliphatic heterocycles. The molecule has 1 atom stereocenters. The Morgan fingerprint density at radius 2 is 1.82 bits per heavy atom. The number of ketones is 2. The van der Waals surface area contributed by atoms with E-state index in [-0.39, 0.29) is 30.0 Å². The molecule has 1 rings (SSSR count). The van der Waals surface area contributed by atoms with Gasteiger partial charge in [-0.25, -0.2) is 4.79 Å². The van der Waals surface area contributed by atoms with Crippen molar-refractivity contribution in [2.75, 3.05) is 13.1 Å². The third-order valence-electron chi connectivity index (χ3n) is 3.74. The third-order valence-corrected chi connectivity index (χ3v) is 3.74. The number of nitrogens with zero attached hydrogens (tertiary/aromatic N) is 1. The Bertz CT molecular complexity index is 411. The van der Waals surface area contributed by atoms with Crippen LogP contribution in [0.2, 0.25) is 0 Å². The molecule has 1 fully saturated rings. The summed E-state index contributed by atoms with van der Waals surface area (Å²) in [6.07, 6.45) is 3.13. The van der Waals surface area contributed by atoms with Gasteiger partial charge in [-0.05, 0) is 46.5 Å². The van der Waals surface area contributed by atoms with Crippen molar-refractivity contribution < 1.29 is 19.1 Å². The van der Waals surface area contributed by atoms with Crippen molar-refractivity contribution in [3.63, 3.8) is 0 Å². The van der Waals surface area contributed by atoms with E-state index in [4.69, 9.17) is 4.74 Å². The van der Waals surface area contributed by atoms with Gasteiger partial charge in [0.2, 0.25) is 0 Å². The standard InChI is InChI=1S/C17H29NO4/c1-5-7-14(19)12-15(20)13-8-6-10-18(11-9-13)16(21)22-17(2,3)4/h13H,5-12H2,1-4H3.